The van der Waals surface area contributed by atoms with Gasteiger partial charge in [-0.2, -0.15) is 0 Å². The minimum Gasteiger partial charge on any atom is -0.399 e. The van der Waals surface area contributed by atoms with Crippen molar-refractivity contribution < 1.29 is 7.65 Å². The number of hydrogen-bond donors (Lipinski definition) is 2. The summed E-state index contributed by atoms with van der Waals surface area (Å²) >= 11 is 0. The maximum absolute atomic E-state index is 12.4. The van der Waals surface area contributed by atoms with Gasteiger partial charge in [0.2, 0.25) is 5.91 Å². The molecule has 1 spiro atoms. The van der Waals surface area contributed by atoms with Gasteiger partial charge in [-0.05, 0) is 42.2 Å². The monoisotopic (exact) mass is 255 g/mol. The molecule has 3 N–H and O–H groups in total. The first-order chi connectivity index (χ1) is 9.19. The summed E-state index contributed by atoms with van der Waals surface area (Å²) in [5.41, 5.74) is 9.49. The number of rotatable bonds is 0. The van der Waals surface area contributed by atoms with Crippen LogP contribution in [-0.4, -0.2) is 10.9 Å². The van der Waals surface area contributed by atoms with Gasteiger partial charge in [-0.15, -0.1) is 0 Å². The lowest BCUT2D eigenvalue weighted by Crippen LogP contribution is -2.35. The molecule has 98 valence electrons. The molecule has 1 atom stereocenters. The topological polar surface area (TPSA) is 68.0 Å². The molecule has 0 bridgehead atoms. The van der Waals surface area contributed by atoms with Gasteiger partial charge in [-0.3, -0.25) is 4.79 Å². The van der Waals surface area contributed by atoms with E-state index in [4.69, 9.17) is 5.73 Å². The second-order valence-electron chi connectivity index (χ2n) is 5.32. The molecule has 1 amide bonds. The maximum atomic E-state index is 12.4. The Bertz CT molecular complexity index is 720. The molecule has 4 nitrogen and oxygen atoms in total. The van der Waals surface area contributed by atoms with Crippen LogP contribution in [0.3, 0.4) is 0 Å². The fourth-order valence-electron chi connectivity index (χ4n) is 3.29. The third-order valence-electron chi connectivity index (χ3n) is 4.20. The SMILES string of the molecule is Nc1ccc2c(c1)C[C@@]1(C2)C(=O)Nc2ncccc21.[HH].[HH]. The number of amides is 1. The third-order valence-corrected chi connectivity index (χ3v) is 4.20. The number of nitrogens with zero attached hydrogens (tertiary/aromatic N) is 1. The molecule has 2 aromatic rings. The van der Waals surface area contributed by atoms with Gasteiger partial charge in [0.1, 0.15) is 5.82 Å². The lowest BCUT2D eigenvalue weighted by Gasteiger charge is -2.20. The van der Waals surface area contributed by atoms with Crippen molar-refractivity contribution in [3.8, 4) is 0 Å². The van der Waals surface area contributed by atoms with Gasteiger partial charge in [0, 0.05) is 20.3 Å². The highest BCUT2D eigenvalue weighted by molar-refractivity contribution is 6.06. The van der Waals surface area contributed by atoms with Crippen LogP contribution in [0.1, 0.15) is 19.5 Å². The number of nitrogen functional groups attached to an aromatic ring is 1. The minimum absolute atomic E-state index is 0. The van der Waals surface area contributed by atoms with Gasteiger partial charge in [-0.1, -0.05) is 12.1 Å². The van der Waals surface area contributed by atoms with Crippen molar-refractivity contribution >= 4 is 17.4 Å². The van der Waals surface area contributed by atoms with Crippen LogP contribution in [0.5, 0.6) is 0 Å². The van der Waals surface area contributed by atoms with Gasteiger partial charge in [0.15, 0.2) is 0 Å². The summed E-state index contributed by atoms with van der Waals surface area (Å²) in [6.07, 6.45) is 3.14. The highest BCUT2D eigenvalue weighted by atomic mass is 16.2. The van der Waals surface area contributed by atoms with E-state index in [9.17, 15) is 4.79 Å². The van der Waals surface area contributed by atoms with Gasteiger partial charge >= 0.3 is 0 Å². The first kappa shape index (κ1) is 10.6. The van der Waals surface area contributed by atoms with Crippen molar-refractivity contribution in [2.75, 3.05) is 11.1 Å². The van der Waals surface area contributed by atoms with Crippen molar-refractivity contribution in [3.63, 3.8) is 0 Å². The molecule has 19 heavy (non-hydrogen) atoms. The molecule has 1 aliphatic carbocycles. The number of carbonyl (C=O) groups excluding carboxylic acids is 1. The van der Waals surface area contributed by atoms with Crippen molar-refractivity contribution in [1.82, 2.24) is 4.98 Å². The van der Waals surface area contributed by atoms with E-state index >= 15 is 0 Å². The van der Waals surface area contributed by atoms with Crippen LogP contribution in [-0.2, 0) is 23.1 Å². The molecule has 1 aliphatic heterocycles. The summed E-state index contributed by atoms with van der Waals surface area (Å²) < 4.78 is 0. The molecule has 0 saturated carbocycles. The molecular formula is C15H17N3O. The molecular weight excluding hydrogens is 238 g/mol. The van der Waals surface area contributed by atoms with E-state index in [0.717, 1.165) is 17.7 Å². The molecule has 1 aromatic heterocycles. The molecule has 2 heterocycles. The summed E-state index contributed by atoms with van der Waals surface area (Å²) in [7, 11) is 0. The summed E-state index contributed by atoms with van der Waals surface area (Å²) in [6.45, 7) is 0. The standard InChI is InChI=1S/C15H13N3O.2H2/c16-11-4-3-9-7-15(8-10(9)6-11)12-2-1-5-17-13(12)18-14(15)19;;/h1-6H,7-8,16H2,(H,17,18,19);2*1H/t15-;;/m1../s1. The lowest BCUT2D eigenvalue weighted by molar-refractivity contribution is -0.120. The number of nitrogens with one attached hydrogen (secondary N) is 1. The van der Waals surface area contributed by atoms with E-state index in [1.807, 2.05) is 30.3 Å². The predicted molar refractivity (Wildman–Crippen MR) is 77.0 cm³/mol. The van der Waals surface area contributed by atoms with Crippen LogP contribution in [0, 0.1) is 0 Å². The zero-order valence-electron chi connectivity index (χ0n) is 10.3. The van der Waals surface area contributed by atoms with E-state index in [0.29, 0.717) is 12.2 Å². The smallest absolute Gasteiger partial charge is 0.237 e. The average Bonchev–Trinajstić information content (AvgIpc) is 2.90. The number of aromatic nitrogens is 1. The summed E-state index contributed by atoms with van der Waals surface area (Å²) in [5.74, 6) is 0.754. The molecule has 2 aliphatic rings. The van der Waals surface area contributed by atoms with Gasteiger partial charge in [-0.25, -0.2) is 4.98 Å². The fraction of sp³-hybridized carbons (Fsp3) is 0.200. The van der Waals surface area contributed by atoms with Crippen LogP contribution < -0.4 is 11.1 Å². The quantitative estimate of drug-likeness (QED) is 0.709. The number of nitrogens with two attached hydrogens (primary N) is 1. The Morgan fingerprint density at radius 2 is 2.11 bits per heavy atom. The maximum Gasteiger partial charge on any atom is 0.237 e. The highest BCUT2D eigenvalue weighted by Crippen LogP contribution is 2.46. The Morgan fingerprint density at radius 3 is 3.00 bits per heavy atom. The van der Waals surface area contributed by atoms with E-state index in [2.05, 4.69) is 10.3 Å². The normalized spacial score (nSPS) is 23.3. The second kappa shape index (κ2) is 3.35. The molecule has 0 radical (unpaired) electrons. The van der Waals surface area contributed by atoms with E-state index < -0.39 is 5.41 Å². The molecule has 1 aromatic carbocycles. The van der Waals surface area contributed by atoms with Crippen LogP contribution in [0.25, 0.3) is 0 Å². The summed E-state index contributed by atoms with van der Waals surface area (Å²) in [5, 5.41) is 2.90. The van der Waals surface area contributed by atoms with Gasteiger partial charge in [0.25, 0.3) is 0 Å². The number of carbonyl (C=O) groups is 1. The Morgan fingerprint density at radius 1 is 1.26 bits per heavy atom. The van der Waals surface area contributed by atoms with Crippen LogP contribution in [0.15, 0.2) is 36.5 Å². The van der Waals surface area contributed by atoms with Crippen molar-refractivity contribution in [2.24, 2.45) is 0 Å². The van der Waals surface area contributed by atoms with Crippen LogP contribution in [0.4, 0.5) is 11.5 Å². The second-order valence-corrected chi connectivity index (χ2v) is 5.32. The molecule has 4 rings (SSSR count). The summed E-state index contributed by atoms with van der Waals surface area (Å²) in [4.78, 5) is 16.7. The highest BCUT2D eigenvalue weighted by Gasteiger charge is 2.50. The Balaban J connectivity index is 0.000000807. The Kier molecular flexibility index (Phi) is 1.86. The third kappa shape index (κ3) is 1.28. The largest absolute Gasteiger partial charge is 0.399 e. The van der Waals surface area contributed by atoms with Gasteiger partial charge in [0.05, 0.1) is 5.41 Å². The zero-order valence-corrected chi connectivity index (χ0v) is 10.3. The molecule has 4 heteroatoms. The van der Waals surface area contributed by atoms with Crippen molar-refractivity contribution in [1.29, 1.82) is 0 Å². The molecule has 0 saturated heterocycles. The number of benzene rings is 1. The van der Waals surface area contributed by atoms with E-state index in [-0.39, 0.29) is 8.76 Å². The number of hydrogen-bond acceptors (Lipinski definition) is 3. The summed E-state index contributed by atoms with van der Waals surface area (Å²) in [6, 6.07) is 9.79. The molecule has 0 unspecified atom stereocenters. The predicted octanol–water partition coefficient (Wildman–Crippen LogP) is 2.14. The van der Waals surface area contributed by atoms with Gasteiger partial charge < -0.3 is 11.1 Å². The van der Waals surface area contributed by atoms with Crippen molar-refractivity contribution in [3.05, 3.63) is 53.2 Å². The van der Waals surface area contributed by atoms with Crippen molar-refractivity contribution in [2.45, 2.75) is 18.3 Å². The van der Waals surface area contributed by atoms with E-state index in [1.54, 1.807) is 6.20 Å². The fourth-order valence-corrected chi connectivity index (χ4v) is 3.29. The average molecular weight is 255 g/mol. The number of anilines is 2. The molecule has 0 fully saturated rings. The lowest BCUT2D eigenvalue weighted by atomic mass is 9.79. The van der Waals surface area contributed by atoms with Crippen LogP contribution in [0.2, 0.25) is 0 Å². The Labute approximate surface area is 113 Å². The van der Waals surface area contributed by atoms with Crippen LogP contribution >= 0.6 is 0 Å². The van der Waals surface area contributed by atoms with E-state index in [1.165, 1.54) is 11.1 Å². The number of pyridine rings is 1. The number of fused-ring (bicyclic) bond motifs is 3. The Hall–Kier alpha value is -2.36. The first-order valence-electron chi connectivity index (χ1n) is 6.33. The minimum atomic E-state index is -0.486. The first-order valence-corrected chi connectivity index (χ1v) is 6.33. The zero-order chi connectivity index (χ0) is 13.0.